The summed E-state index contributed by atoms with van der Waals surface area (Å²) < 4.78 is 1.74. The zero-order valence-corrected chi connectivity index (χ0v) is 11.6. The molecule has 2 aromatic heterocycles. The van der Waals surface area contributed by atoms with Crippen molar-refractivity contribution in [2.45, 2.75) is 6.92 Å². The lowest BCUT2D eigenvalue weighted by molar-refractivity contribution is 0.102. The highest BCUT2D eigenvalue weighted by atomic mass is 35.5. The van der Waals surface area contributed by atoms with Crippen molar-refractivity contribution in [2.75, 3.05) is 5.32 Å². The first-order valence-corrected chi connectivity index (χ1v) is 6.54. The minimum absolute atomic E-state index is 0.223. The molecular formula is C15H12ClN3O. The number of nitrogens with one attached hydrogen (secondary N) is 1. The van der Waals surface area contributed by atoms with Crippen LogP contribution in [0.1, 0.15) is 16.1 Å². The number of pyridine rings is 1. The van der Waals surface area contributed by atoms with Crippen LogP contribution in [0.25, 0.3) is 5.52 Å². The SMILES string of the molecule is Cc1cccc2c(C(=O)Nc3ccccc3Cl)cnn12. The molecular weight excluding hydrogens is 274 g/mol. The predicted octanol–water partition coefficient (Wildman–Crippen LogP) is 3.55. The van der Waals surface area contributed by atoms with Crippen LogP contribution in [0.3, 0.4) is 0 Å². The number of rotatable bonds is 2. The van der Waals surface area contributed by atoms with Crippen molar-refractivity contribution in [1.29, 1.82) is 0 Å². The van der Waals surface area contributed by atoms with Crippen LogP contribution in [0.2, 0.25) is 5.02 Å². The molecule has 100 valence electrons. The van der Waals surface area contributed by atoms with Crippen molar-refractivity contribution in [3.63, 3.8) is 0 Å². The first-order valence-electron chi connectivity index (χ1n) is 6.16. The number of amides is 1. The van der Waals surface area contributed by atoms with Crippen molar-refractivity contribution in [3.05, 3.63) is 64.9 Å². The molecule has 0 unspecified atom stereocenters. The minimum atomic E-state index is -0.223. The van der Waals surface area contributed by atoms with Gasteiger partial charge in [0.15, 0.2) is 0 Å². The van der Waals surface area contributed by atoms with E-state index in [4.69, 9.17) is 11.6 Å². The number of hydrogen-bond acceptors (Lipinski definition) is 2. The third kappa shape index (κ3) is 2.14. The number of benzene rings is 1. The van der Waals surface area contributed by atoms with E-state index in [1.807, 2.05) is 37.3 Å². The van der Waals surface area contributed by atoms with Crippen molar-refractivity contribution in [2.24, 2.45) is 0 Å². The van der Waals surface area contributed by atoms with E-state index < -0.39 is 0 Å². The molecule has 0 aliphatic heterocycles. The molecule has 0 aliphatic rings. The van der Waals surface area contributed by atoms with E-state index in [1.54, 1.807) is 22.8 Å². The molecule has 3 rings (SSSR count). The van der Waals surface area contributed by atoms with Gasteiger partial charge in [0.1, 0.15) is 0 Å². The zero-order valence-electron chi connectivity index (χ0n) is 10.8. The molecule has 1 amide bonds. The lowest BCUT2D eigenvalue weighted by Gasteiger charge is -2.06. The van der Waals surface area contributed by atoms with E-state index in [0.717, 1.165) is 11.2 Å². The number of halogens is 1. The molecule has 0 saturated heterocycles. The summed E-state index contributed by atoms with van der Waals surface area (Å²) in [6.07, 6.45) is 1.56. The van der Waals surface area contributed by atoms with Gasteiger partial charge in [0, 0.05) is 5.69 Å². The molecule has 4 nitrogen and oxygen atoms in total. The normalized spacial score (nSPS) is 10.7. The van der Waals surface area contributed by atoms with Crippen molar-refractivity contribution in [3.8, 4) is 0 Å². The highest BCUT2D eigenvalue weighted by molar-refractivity contribution is 6.34. The summed E-state index contributed by atoms with van der Waals surface area (Å²) in [5.41, 5.74) is 2.86. The number of hydrogen-bond donors (Lipinski definition) is 1. The van der Waals surface area contributed by atoms with E-state index in [2.05, 4.69) is 10.4 Å². The van der Waals surface area contributed by atoms with Gasteiger partial charge in [-0.15, -0.1) is 0 Å². The Balaban J connectivity index is 1.98. The van der Waals surface area contributed by atoms with Crippen LogP contribution in [0.4, 0.5) is 5.69 Å². The number of para-hydroxylation sites is 1. The summed E-state index contributed by atoms with van der Waals surface area (Å²) in [5, 5.41) is 7.53. The van der Waals surface area contributed by atoms with Crippen molar-refractivity contribution < 1.29 is 4.79 Å². The third-order valence-electron chi connectivity index (χ3n) is 3.10. The quantitative estimate of drug-likeness (QED) is 0.783. The molecule has 0 saturated carbocycles. The summed E-state index contributed by atoms with van der Waals surface area (Å²) in [6.45, 7) is 1.94. The second-order valence-corrected chi connectivity index (χ2v) is 4.86. The van der Waals surface area contributed by atoms with Gasteiger partial charge >= 0.3 is 0 Å². The Kier molecular flexibility index (Phi) is 3.16. The van der Waals surface area contributed by atoms with Gasteiger partial charge in [-0.25, -0.2) is 4.52 Å². The zero-order chi connectivity index (χ0) is 14.1. The van der Waals surface area contributed by atoms with Gasteiger partial charge in [0.25, 0.3) is 5.91 Å². The molecule has 0 atom stereocenters. The fraction of sp³-hybridized carbons (Fsp3) is 0.0667. The minimum Gasteiger partial charge on any atom is -0.321 e. The fourth-order valence-electron chi connectivity index (χ4n) is 2.08. The summed E-state index contributed by atoms with van der Waals surface area (Å²) >= 11 is 6.04. The molecule has 0 aliphatic carbocycles. The Labute approximate surface area is 121 Å². The summed E-state index contributed by atoms with van der Waals surface area (Å²) in [5.74, 6) is -0.223. The van der Waals surface area contributed by atoms with Crippen molar-refractivity contribution in [1.82, 2.24) is 9.61 Å². The summed E-state index contributed by atoms with van der Waals surface area (Å²) in [4.78, 5) is 12.3. The largest absolute Gasteiger partial charge is 0.321 e. The number of aryl methyl sites for hydroxylation is 1. The number of nitrogens with zero attached hydrogens (tertiary/aromatic N) is 2. The Morgan fingerprint density at radius 1 is 1.20 bits per heavy atom. The van der Waals surface area contributed by atoms with Gasteiger partial charge in [-0.05, 0) is 31.2 Å². The van der Waals surface area contributed by atoms with E-state index >= 15 is 0 Å². The third-order valence-corrected chi connectivity index (χ3v) is 3.43. The summed E-state index contributed by atoms with van der Waals surface area (Å²) in [7, 11) is 0. The van der Waals surface area contributed by atoms with E-state index in [9.17, 15) is 4.79 Å². The van der Waals surface area contributed by atoms with E-state index in [0.29, 0.717) is 16.3 Å². The molecule has 3 aromatic rings. The number of aromatic nitrogens is 2. The van der Waals surface area contributed by atoms with Gasteiger partial charge in [-0.3, -0.25) is 4.79 Å². The average molecular weight is 286 g/mol. The van der Waals surface area contributed by atoms with Crippen LogP contribution in [0.15, 0.2) is 48.7 Å². The molecule has 0 bridgehead atoms. The maximum absolute atomic E-state index is 12.3. The second kappa shape index (κ2) is 4.98. The number of anilines is 1. The highest BCUT2D eigenvalue weighted by Gasteiger charge is 2.14. The molecule has 1 aromatic carbocycles. The maximum Gasteiger partial charge on any atom is 0.259 e. The Bertz CT molecular complexity index is 795. The number of fused-ring (bicyclic) bond motifs is 1. The standard InChI is InChI=1S/C15H12ClN3O/c1-10-5-4-8-14-11(9-17-19(10)14)15(20)18-13-7-3-2-6-12(13)16/h2-9H,1H3,(H,18,20). The molecule has 1 N–H and O–H groups in total. The highest BCUT2D eigenvalue weighted by Crippen LogP contribution is 2.22. The van der Waals surface area contributed by atoms with Gasteiger partial charge < -0.3 is 5.32 Å². The van der Waals surface area contributed by atoms with E-state index in [1.165, 1.54) is 0 Å². The number of carbonyl (C=O) groups is 1. The topological polar surface area (TPSA) is 46.4 Å². The van der Waals surface area contributed by atoms with Gasteiger partial charge in [0.2, 0.25) is 0 Å². The molecule has 0 fully saturated rings. The molecule has 0 radical (unpaired) electrons. The van der Waals surface area contributed by atoms with Gasteiger partial charge in [-0.1, -0.05) is 29.8 Å². The maximum atomic E-state index is 12.3. The van der Waals surface area contributed by atoms with Crippen LogP contribution < -0.4 is 5.32 Å². The van der Waals surface area contributed by atoms with Crippen LogP contribution in [0, 0.1) is 6.92 Å². The number of carbonyl (C=O) groups excluding carboxylic acids is 1. The molecule has 5 heteroatoms. The monoisotopic (exact) mass is 285 g/mol. The Hall–Kier alpha value is -2.33. The smallest absolute Gasteiger partial charge is 0.259 e. The van der Waals surface area contributed by atoms with Crippen LogP contribution in [0.5, 0.6) is 0 Å². The predicted molar refractivity (Wildman–Crippen MR) is 79.3 cm³/mol. The van der Waals surface area contributed by atoms with Crippen LogP contribution in [-0.2, 0) is 0 Å². The Morgan fingerprint density at radius 3 is 2.80 bits per heavy atom. The lowest BCUT2D eigenvalue weighted by Crippen LogP contribution is -2.12. The fourth-order valence-corrected chi connectivity index (χ4v) is 2.26. The first-order chi connectivity index (χ1) is 9.66. The van der Waals surface area contributed by atoms with Gasteiger partial charge in [0.05, 0.1) is 28.0 Å². The molecule has 0 spiro atoms. The molecule has 20 heavy (non-hydrogen) atoms. The van der Waals surface area contributed by atoms with Crippen LogP contribution in [-0.4, -0.2) is 15.5 Å². The van der Waals surface area contributed by atoms with E-state index in [-0.39, 0.29) is 5.91 Å². The van der Waals surface area contributed by atoms with Crippen LogP contribution >= 0.6 is 11.6 Å². The van der Waals surface area contributed by atoms with Gasteiger partial charge in [-0.2, -0.15) is 5.10 Å². The molecule has 2 heterocycles. The van der Waals surface area contributed by atoms with Crippen molar-refractivity contribution >= 4 is 28.7 Å². The Morgan fingerprint density at radius 2 is 2.00 bits per heavy atom. The summed E-state index contributed by atoms with van der Waals surface area (Å²) in [6, 6.07) is 12.8. The lowest BCUT2D eigenvalue weighted by atomic mass is 10.2. The average Bonchev–Trinajstić information content (AvgIpc) is 2.87. The first kappa shape index (κ1) is 12.7. The second-order valence-electron chi connectivity index (χ2n) is 4.46.